The molecule has 0 aliphatic rings. The molecule has 0 heterocycles. The second-order valence-corrected chi connectivity index (χ2v) is 6.22. The Balaban J connectivity index is 2.63. The van der Waals surface area contributed by atoms with E-state index in [4.69, 9.17) is 23.2 Å². The fourth-order valence-corrected chi connectivity index (χ4v) is 2.78. The van der Waals surface area contributed by atoms with Crippen LogP contribution in [0.5, 0.6) is 0 Å². The highest BCUT2D eigenvalue weighted by Crippen LogP contribution is 2.31. The summed E-state index contributed by atoms with van der Waals surface area (Å²) in [6.07, 6.45) is -4.97. The number of carbonyl (C=O) groups is 1. The fraction of sp³-hybridized carbons (Fsp3) is 0.118. The van der Waals surface area contributed by atoms with Gasteiger partial charge in [-0.15, -0.1) is 0 Å². The van der Waals surface area contributed by atoms with E-state index in [0.29, 0.717) is 0 Å². The number of rotatable bonds is 4. The van der Waals surface area contributed by atoms with Gasteiger partial charge in [-0.2, -0.15) is 13.2 Å². The minimum Gasteiger partial charge on any atom is -0.289 e. The van der Waals surface area contributed by atoms with Crippen molar-refractivity contribution >= 4 is 40.2 Å². The number of nitrogens with zero attached hydrogens (tertiary/aromatic N) is 1. The monoisotopic (exact) mass is 403 g/mol. The van der Waals surface area contributed by atoms with Gasteiger partial charge in [-0.05, 0) is 30.7 Å². The molecule has 4 nitrogen and oxygen atoms in total. The number of nitro groups is 1. The number of hydrogen-bond acceptors (Lipinski definition) is 3. The molecule has 26 heavy (non-hydrogen) atoms. The summed E-state index contributed by atoms with van der Waals surface area (Å²) in [7, 11) is 0. The molecule has 0 amide bonds. The van der Waals surface area contributed by atoms with E-state index in [-0.39, 0.29) is 38.5 Å². The minimum atomic E-state index is -4.80. The van der Waals surface area contributed by atoms with E-state index >= 15 is 0 Å². The summed E-state index contributed by atoms with van der Waals surface area (Å²) < 4.78 is 38.8. The van der Waals surface area contributed by atoms with Crippen LogP contribution in [-0.2, 0) is 0 Å². The summed E-state index contributed by atoms with van der Waals surface area (Å²) in [5.41, 5.74) is -1.22. The molecule has 2 aromatic carbocycles. The SMILES string of the molecule is Cc1ccc(C(=O)C(=CC(F)(F)F)c2cc(Cl)cc(Cl)c2)cc1[N+](=O)[O-]. The maximum absolute atomic E-state index is 12.9. The number of halogens is 5. The Labute approximate surface area is 156 Å². The molecule has 9 heteroatoms. The molecule has 0 saturated carbocycles. The number of aryl methyl sites for hydroxylation is 1. The van der Waals surface area contributed by atoms with E-state index in [2.05, 4.69) is 0 Å². The van der Waals surface area contributed by atoms with Crippen molar-refractivity contribution < 1.29 is 22.9 Å². The number of nitro benzene ring substituents is 1. The average Bonchev–Trinajstić information content (AvgIpc) is 2.50. The summed E-state index contributed by atoms with van der Waals surface area (Å²) in [5, 5.41) is 11.1. The van der Waals surface area contributed by atoms with E-state index in [1.807, 2.05) is 0 Å². The van der Waals surface area contributed by atoms with Gasteiger partial charge in [0.1, 0.15) is 0 Å². The summed E-state index contributed by atoms with van der Waals surface area (Å²) in [6, 6.07) is 7.08. The maximum atomic E-state index is 12.9. The smallest absolute Gasteiger partial charge is 0.289 e. The molecule has 0 N–H and O–H groups in total. The van der Waals surface area contributed by atoms with Crippen molar-refractivity contribution in [1.29, 1.82) is 0 Å². The Bertz CT molecular complexity index is 904. The molecule has 136 valence electrons. The number of allylic oxidation sites excluding steroid dienone is 2. The third-order valence-corrected chi connectivity index (χ3v) is 3.83. The molecule has 0 unspecified atom stereocenters. The lowest BCUT2D eigenvalue weighted by Gasteiger charge is -2.11. The Kier molecular flexibility index (Phi) is 5.73. The van der Waals surface area contributed by atoms with Gasteiger partial charge in [0.2, 0.25) is 0 Å². The number of hydrogen-bond donors (Lipinski definition) is 0. The second kappa shape index (κ2) is 7.47. The quantitative estimate of drug-likeness (QED) is 0.270. The summed E-state index contributed by atoms with van der Waals surface area (Å²) in [4.78, 5) is 23.0. The van der Waals surface area contributed by atoms with E-state index in [1.54, 1.807) is 0 Å². The highest BCUT2D eigenvalue weighted by Gasteiger charge is 2.29. The van der Waals surface area contributed by atoms with Crippen molar-refractivity contribution in [2.75, 3.05) is 0 Å². The highest BCUT2D eigenvalue weighted by atomic mass is 35.5. The van der Waals surface area contributed by atoms with Crippen molar-refractivity contribution in [2.45, 2.75) is 13.1 Å². The van der Waals surface area contributed by atoms with Crippen LogP contribution in [0.1, 0.15) is 21.5 Å². The number of alkyl halides is 3. The van der Waals surface area contributed by atoms with Gasteiger partial charge in [0.25, 0.3) is 5.69 Å². The highest BCUT2D eigenvalue weighted by molar-refractivity contribution is 6.36. The number of benzene rings is 2. The van der Waals surface area contributed by atoms with E-state index in [0.717, 1.165) is 18.2 Å². The van der Waals surface area contributed by atoms with Crippen molar-refractivity contribution in [1.82, 2.24) is 0 Å². The van der Waals surface area contributed by atoms with Gasteiger partial charge in [-0.1, -0.05) is 35.3 Å². The van der Waals surface area contributed by atoms with Gasteiger partial charge in [-0.25, -0.2) is 0 Å². The second-order valence-electron chi connectivity index (χ2n) is 5.35. The summed E-state index contributed by atoms with van der Waals surface area (Å²) in [6.45, 7) is 1.45. The van der Waals surface area contributed by atoms with Crippen molar-refractivity contribution in [3.63, 3.8) is 0 Å². The van der Waals surface area contributed by atoms with Crippen LogP contribution in [0.25, 0.3) is 5.57 Å². The molecule has 0 fully saturated rings. The molecule has 0 aliphatic heterocycles. The minimum absolute atomic E-state index is 0.0447. The van der Waals surface area contributed by atoms with Crippen LogP contribution >= 0.6 is 23.2 Å². The lowest BCUT2D eigenvalue weighted by Crippen LogP contribution is -2.10. The zero-order chi connectivity index (χ0) is 19.6. The molecular formula is C17H10Cl2F3NO3. The molecule has 0 saturated heterocycles. The zero-order valence-electron chi connectivity index (χ0n) is 13.1. The number of carbonyl (C=O) groups excluding carboxylic acids is 1. The summed E-state index contributed by atoms with van der Waals surface area (Å²) in [5.74, 6) is -1.04. The van der Waals surface area contributed by atoms with Gasteiger partial charge in [0.15, 0.2) is 5.78 Å². The predicted molar refractivity (Wildman–Crippen MR) is 92.7 cm³/mol. The molecule has 0 bridgehead atoms. The first kappa shape index (κ1) is 19.9. The Morgan fingerprint density at radius 2 is 1.65 bits per heavy atom. The Morgan fingerprint density at radius 3 is 2.15 bits per heavy atom. The first-order valence-electron chi connectivity index (χ1n) is 7.04. The Hall–Kier alpha value is -2.38. The third-order valence-electron chi connectivity index (χ3n) is 3.39. The number of ketones is 1. The summed E-state index contributed by atoms with van der Waals surface area (Å²) >= 11 is 11.6. The van der Waals surface area contributed by atoms with Gasteiger partial charge in [0, 0.05) is 38.9 Å². The van der Waals surface area contributed by atoms with Crippen molar-refractivity contribution in [3.8, 4) is 0 Å². The van der Waals surface area contributed by atoms with Crippen LogP contribution < -0.4 is 0 Å². The van der Waals surface area contributed by atoms with Crippen LogP contribution in [0.3, 0.4) is 0 Å². The average molecular weight is 404 g/mol. The maximum Gasteiger partial charge on any atom is 0.410 e. The molecule has 0 radical (unpaired) electrons. The normalized spacial score (nSPS) is 12.2. The molecule has 2 rings (SSSR count). The van der Waals surface area contributed by atoms with E-state index < -0.39 is 22.5 Å². The standard InChI is InChI=1S/C17H10Cl2F3NO3/c1-9-2-3-10(6-15(9)23(25)26)16(24)14(8-17(20,21)22)11-4-12(18)7-13(19)5-11/h2-8H,1H3. The van der Waals surface area contributed by atoms with Crippen LogP contribution in [0, 0.1) is 17.0 Å². The van der Waals surface area contributed by atoms with Crippen LogP contribution in [-0.4, -0.2) is 16.9 Å². The van der Waals surface area contributed by atoms with Gasteiger partial charge < -0.3 is 0 Å². The first-order valence-corrected chi connectivity index (χ1v) is 7.79. The molecule has 0 aliphatic carbocycles. The number of Topliss-reactive ketones (excluding diaryl/α,β-unsaturated/α-hetero) is 1. The first-order chi connectivity index (χ1) is 12.0. The van der Waals surface area contributed by atoms with Crippen LogP contribution in [0.4, 0.5) is 18.9 Å². The largest absolute Gasteiger partial charge is 0.410 e. The van der Waals surface area contributed by atoms with E-state index in [9.17, 15) is 28.1 Å². The lowest BCUT2D eigenvalue weighted by atomic mass is 9.95. The van der Waals surface area contributed by atoms with Crippen molar-refractivity contribution in [3.05, 3.63) is 79.3 Å². The van der Waals surface area contributed by atoms with E-state index in [1.165, 1.54) is 25.1 Å². The van der Waals surface area contributed by atoms with Crippen LogP contribution in [0.2, 0.25) is 10.0 Å². The molecule has 2 aromatic rings. The topological polar surface area (TPSA) is 60.2 Å². The lowest BCUT2D eigenvalue weighted by molar-refractivity contribution is -0.385. The third kappa shape index (κ3) is 4.83. The Morgan fingerprint density at radius 1 is 1.08 bits per heavy atom. The van der Waals surface area contributed by atoms with Gasteiger partial charge in [0.05, 0.1) is 4.92 Å². The molecular weight excluding hydrogens is 394 g/mol. The van der Waals surface area contributed by atoms with Crippen molar-refractivity contribution in [2.24, 2.45) is 0 Å². The molecule has 0 atom stereocenters. The van der Waals surface area contributed by atoms with Crippen LogP contribution in [0.15, 0.2) is 42.5 Å². The fourth-order valence-electron chi connectivity index (χ4n) is 2.26. The molecule has 0 aromatic heterocycles. The van der Waals surface area contributed by atoms with Gasteiger partial charge >= 0.3 is 6.18 Å². The van der Waals surface area contributed by atoms with Gasteiger partial charge in [-0.3, -0.25) is 14.9 Å². The predicted octanol–water partition coefficient (Wildman–Crippen LogP) is 6.04. The molecule has 0 spiro atoms. The zero-order valence-corrected chi connectivity index (χ0v) is 14.6.